The fourth-order valence-electron chi connectivity index (χ4n) is 2.72. The summed E-state index contributed by atoms with van der Waals surface area (Å²) in [6, 6.07) is 6.65. The predicted octanol–water partition coefficient (Wildman–Crippen LogP) is 2.34. The fourth-order valence-corrected chi connectivity index (χ4v) is 2.97. The molecule has 1 atom stereocenters. The van der Waals surface area contributed by atoms with Crippen LogP contribution in [-0.4, -0.2) is 29.2 Å². The van der Waals surface area contributed by atoms with Crippen LogP contribution in [0.15, 0.2) is 46.9 Å². The Morgan fingerprint density at radius 2 is 2.04 bits per heavy atom. The van der Waals surface area contributed by atoms with E-state index >= 15 is 0 Å². The van der Waals surface area contributed by atoms with Gasteiger partial charge in [-0.2, -0.15) is 0 Å². The molecule has 0 saturated heterocycles. The van der Waals surface area contributed by atoms with Crippen molar-refractivity contribution in [3.05, 3.63) is 67.6 Å². The Labute approximate surface area is 143 Å². The zero-order valence-electron chi connectivity index (χ0n) is 13.2. The number of aliphatic hydroxyl groups excluding tert-OH is 1. The van der Waals surface area contributed by atoms with Crippen LogP contribution in [0.2, 0.25) is 5.02 Å². The quantitative estimate of drug-likeness (QED) is 0.479. The molecule has 0 fully saturated rings. The van der Waals surface area contributed by atoms with Gasteiger partial charge in [0.1, 0.15) is 12.5 Å². The molecule has 1 unspecified atom stereocenters. The summed E-state index contributed by atoms with van der Waals surface area (Å²) in [6.07, 6.45) is 0. The van der Waals surface area contributed by atoms with Gasteiger partial charge in [0.15, 0.2) is 0 Å². The van der Waals surface area contributed by atoms with Gasteiger partial charge in [0.25, 0.3) is 5.70 Å². The number of carbonyl (C=O) groups is 1. The average molecular weight is 353 g/mol. The number of dihydropyridines is 1. The monoisotopic (exact) mass is 352 g/mol. The van der Waals surface area contributed by atoms with E-state index in [2.05, 4.69) is 5.32 Å². The second kappa shape index (κ2) is 7.46. The Hall–Kier alpha value is -2.38. The maximum absolute atomic E-state index is 12.4. The molecule has 1 aliphatic heterocycles. The Kier molecular flexibility index (Phi) is 5.58. The molecule has 0 spiro atoms. The number of ether oxygens (including phenoxy) is 1. The second-order valence-corrected chi connectivity index (χ2v) is 5.65. The minimum absolute atomic E-state index is 0.105. The zero-order chi connectivity index (χ0) is 17.9. The van der Waals surface area contributed by atoms with Crippen molar-refractivity contribution in [2.75, 3.05) is 13.2 Å². The number of benzene rings is 1. The Balaban J connectivity index is 2.62. The van der Waals surface area contributed by atoms with Crippen LogP contribution in [0.3, 0.4) is 0 Å². The molecule has 0 saturated carbocycles. The number of aliphatic hydroxyl groups is 1. The van der Waals surface area contributed by atoms with Gasteiger partial charge in [0.2, 0.25) is 0 Å². The highest BCUT2D eigenvalue weighted by atomic mass is 35.5. The lowest BCUT2D eigenvalue weighted by Crippen LogP contribution is -2.32. The third-order valence-corrected chi connectivity index (χ3v) is 4.03. The SMILES string of the molecule is CC1=C(C(=O)OCCO)C(c2ccccc2Cl)C([N+](=O)[O-])=C(C)N1. The van der Waals surface area contributed by atoms with Gasteiger partial charge in [0, 0.05) is 10.7 Å². The molecule has 0 bridgehead atoms. The number of rotatable bonds is 5. The first kappa shape index (κ1) is 18.0. The molecule has 1 heterocycles. The molecular weight excluding hydrogens is 336 g/mol. The van der Waals surface area contributed by atoms with Gasteiger partial charge in [-0.05, 0) is 25.5 Å². The van der Waals surface area contributed by atoms with Crippen molar-refractivity contribution in [1.82, 2.24) is 5.32 Å². The number of carbonyl (C=O) groups excluding carboxylic acids is 1. The van der Waals surface area contributed by atoms with E-state index in [0.717, 1.165) is 0 Å². The molecule has 2 rings (SSSR count). The summed E-state index contributed by atoms with van der Waals surface area (Å²) < 4.78 is 4.98. The number of nitrogens with zero attached hydrogens (tertiary/aromatic N) is 1. The second-order valence-electron chi connectivity index (χ2n) is 5.25. The number of nitrogens with one attached hydrogen (secondary N) is 1. The van der Waals surface area contributed by atoms with E-state index < -0.39 is 16.8 Å². The van der Waals surface area contributed by atoms with Crippen molar-refractivity contribution in [3.63, 3.8) is 0 Å². The average Bonchev–Trinajstić information content (AvgIpc) is 2.52. The van der Waals surface area contributed by atoms with Gasteiger partial charge >= 0.3 is 5.97 Å². The molecule has 7 nitrogen and oxygen atoms in total. The molecule has 0 aromatic heterocycles. The molecule has 0 radical (unpaired) electrons. The summed E-state index contributed by atoms with van der Waals surface area (Å²) in [6.45, 7) is 2.68. The number of hydrogen-bond acceptors (Lipinski definition) is 6. The molecule has 1 aromatic carbocycles. The molecule has 2 N–H and O–H groups in total. The molecule has 1 aliphatic rings. The van der Waals surface area contributed by atoms with Crippen molar-refractivity contribution in [2.24, 2.45) is 0 Å². The number of allylic oxidation sites excluding steroid dienone is 3. The standard InChI is InChI=1S/C16H17ClN2O5/c1-9-13(16(21)24-8-7-20)14(11-5-3-4-6-12(11)17)15(19(22)23)10(2)18-9/h3-6,14,18,20H,7-8H2,1-2H3. The summed E-state index contributed by atoms with van der Waals surface area (Å²) in [7, 11) is 0. The van der Waals surface area contributed by atoms with Crippen LogP contribution in [0.1, 0.15) is 25.3 Å². The summed E-state index contributed by atoms with van der Waals surface area (Å²) in [5, 5.41) is 23.6. The van der Waals surface area contributed by atoms with E-state index in [0.29, 0.717) is 22.0 Å². The van der Waals surface area contributed by atoms with E-state index in [1.54, 1.807) is 38.1 Å². The first-order valence-electron chi connectivity index (χ1n) is 7.23. The van der Waals surface area contributed by atoms with Gasteiger partial charge in [-0.1, -0.05) is 29.8 Å². The normalized spacial score (nSPS) is 17.6. The lowest BCUT2D eigenvalue weighted by Gasteiger charge is -2.26. The Morgan fingerprint density at radius 1 is 1.38 bits per heavy atom. The van der Waals surface area contributed by atoms with Crippen molar-refractivity contribution in [2.45, 2.75) is 19.8 Å². The summed E-state index contributed by atoms with van der Waals surface area (Å²) in [5.41, 5.74) is 1.17. The smallest absolute Gasteiger partial charge is 0.337 e. The van der Waals surface area contributed by atoms with E-state index in [-0.39, 0.29) is 24.5 Å². The van der Waals surface area contributed by atoms with Crippen LogP contribution in [0.5, 0.6) is 0 Å². The topological polar surface area (TPSA) is 102 Å². The minimum Gasteiger partial charge on any atom is -0.460 e. The molecule has 1 aromatic rings. The summed E-state index contributed by atoms with van der Waals surface area (Å²) in [4.78, 5) is 23.5. The van der Waals surface area contributed by atoms with Crippen LogP contribution < -0.4 is 5.32 Å². The number of nitro groups is 1. The largest absolute Gasteiger partial charge is 0.460 e. The van der Waals surface area contributed by atoms with Crippen LogP contribution in [0, 0.1) is 10.1 Å². The highest BCUT2D eigenvalue weighted by Gasteiger charge is 2.41. The first-order chi connectivity index (χ1) is 11.4. The molecule has 0 amide bonds. The van der Waals surface area contributed by atoms with Gasteiger partial charge in [-0.25, -0.2) is 4.79 Å². The van der Waals surface area contributed by atoms with E-state index in [9.17, 15) is 14.9 Å². The van der Waals surface area contributed by atoms with E-state index in [1.165, 1.54) is 0 Å². The van der Waals surface area contributed by atoms with Crippen LogP contribution >= 0.6 is 11.6 Å². The molecule has 8 heteroatoms. The predicted molar refractivity (Wildman–Crippen MR) is 87.8 cm³/mol. The van der Waals surface area contributed by atoms with Crippen molar-refractivity contribution in [3.8, 4) is 0 Å². The zero-order valence-corrected chi connectivity index (χ0v) is 14.0. The van der Waals surface area contributed by atoms with E-state index in [4.69, 9.17) is 21.4 Å². The van der Waals surface area contributed by atoms with Crippen LogP contribution in [0.25, 0.3) is 0 Å². The number of esters is 1. The third-order valence-electron chi connectivity index (χ3n) is 3.68. The lowest BCUT2D eigenvalue weighted by molar-refractivity contribution is -0.431. The van der Waals surface area contributed by atoms with Crippen molar-refractivity contribution in [1.29, 1.82) is 0 Å². The molecule has 24 heavy (non-hydrogen) atoms. The maximum Gasteiger partial charge on any atom is 0.337 e. The van der Waals surface area contributed by atoms with Gasteiger partial charge in [0.05, 0.1) is 22.8 Å². The van der Waals surface area contributed by atoms with Crippen LogP contribution in [-0.2, 0) is 9.53 Å². The Morgan fingerprint density at radius 3 is 2.62 bits per heavy atom. The molecular formula is C16H17ClN2O5. The highest BCUT2D eigenvalue weighted by Crippen LogP contribution is 2.41. The molecule has 0 aliphatic carbocycles. The maximum atomic E-state index is 12.4. The van der Waals surface area contributed by atoms with Gasteiger partial charge in [-0.15, -0.1) is 0 Å². The van der Waals surface area contributed by atoms with Crippen LogP contribution in [0.4, 0.5) is 0 Å². The summed E-state index contributed by atoms with van der Waals surface area (Å²) >= 11 is 6.22. The summed E-state index contributed by atoms with van der Waals surface area (Å²) in [5.74, 6) is -1.69. The highest BCUT2D eigenvalue weighted by molar-refractivity contribution is 6.31. The van der Waals surface area contributed by atoms with Gasteiger partial charge < -0.3 is 15.2 Å². The van der Waals surface area contributed by atoms with E-state index in [1.807, 2.05) is 0 Å². The lowest BCUT2D eigenvalue weighted by atomic mass is 9.84. The van der Waals surface area contributed by atoms with Crippen molar-refractivity contribution < 1.29 is 19.6 Å². The number of hydrogen-bond donors (Lipinski definition) is 2. The Bertz CT molecular complexity index is 742. The molecule has 128 valence electrons. The first-order valence-corrected chi connectivity index (χ1v) is 7.61. The third kappa shape index (κ3) is 3.42. The van der Waals surface area contributed by atoms with Gasteiger partial charge in [-0.3, -0.25) is 10.1 Å². The fraction of sp³-hybridized carbons (Fsp3) is 0.312. The number of halogens is 1. The van der Waals surface area contributed by atoms with Crippen molar-refractivity contribution >= 4 is 17.6 Å². The minimum atomic E-state index is -0.957.